The zero-order valence-corrected chi connectivity index (χ0v) is 12.2. The maximum atomic E-state index is 11.8. The second-order valence-corrected chi connectivity index (χ2v) is 5.09. The van der Waals surface area contributed by atoms with Gasteiger partial charge in [0.15, 0.2) is 0 Å². The third kappa shape index (κ3) is 5.04. The molecule has 0 bridgehead atoms. The van der Waals surface area contributed by atoms with Gasteiger partial charge in [-0.25, -0.2) is 0 Å². The Kier molecular flexibility index (Phi) is 5.98. The predicted molar refractivity (Wildman–Crippen MR) is 88.0 cm³/mol. The SMILES string of the molecule is NCCCCCC(=O)Nc1ccc(-c2ccccc2)cc1. The summed E-state index contributed by atoms with van der Waals surface area (Å²) in [5, 5.41) is 2.93. The fourth-order valence-electron chi connectivity index (χ4n) is 2.21. The smallest absolute Gasteiger partial charge is 0.224 e. The first-order valence-electron chi connectivity index (χ1n) is 7.45. The minimum Gasteiger partial charge on any atom is -0.330 e. The molecule has 0 saturated carbocycles. The molecule has 0 atom stereocenters. The first-order valence-corrected chi connectivity index (χ1v) is 7.45. The molecule has 2 aromatic carbocycles. The van der Waals surface area contributed by atoms with E-state index >= 15 is 0 Å². The zero-order valence-electron chi connectivity index (χ0n) is 12.2. The number of amides is 1. The van der Waals surface area contributed by atoms with Gasteiger partial charge in [-0.15, -0.1) is 0 Å². The maximum absolute atomic E-state index is 11.8. The summed E-state index contributed by atoms with van der Waals surface area (Å²) in [5.74, 6) is 0.0690. The third-order valence-electron chi connectivity index (χ3n) is 3.38. The van der Waals surface area contributed by atoms with Crippen molar-refractivity contribution in [3.8, 4) is 11.1 Å². The van der Waals surface area contributed by atoms with Crippen molar-refractivity contribution in [2.75, 3.05) is 11.9 Å². The number of hydrogen-bond acceptors (Lipinski definition) is 2. The number of hydrogen-bond donors (Lipinski definition) is 2. The molecule has 3 heteroatoms. The number of benzene rings is 2. The molecule has 0 heterocycles. The highest BCUT2D eigenvalue weighted by molar-refractivity contribution is 5.90. The van der Waals surface area contributed by atoms with Crippen LogP contribution in [-0.2, 0) is 4.79 Å². The summed E-state index contributed by atoms with van der Waals surface area (Å²) in [7, 11) is 0. The van der Waals surface area contributed by atoms with Crippen LogP contribution in [0.3, 0.4) is 0 Å². The molecule has 1 amide bonds. The average Bonchev–Trinajstić information content (AvgIpc) is 2.53. The van der Waals surface area contributed by atoms with Gasteiger partial charge in [0.05, 0.1) is 0 Å². The van der Waals surface area contributed by atoms with Gasteiger partial charge in [0, 0.05) is 12.1 Å². The summed E-state index contributed by atoms with van der Waals surface area (Å²) >= 11 is 0. The highest BCUT2D eigenvalue weighted by Crippen LogP contribution is 2.21. The van der Waals surface area contributed by atoms with Crippen LogP contribution >= 0.6 is 0 Å². The van der Waals surface area contributed by atoms with Crippen LogP contribution in [0.4, 0.5) is 5.69 Å². The quantitative estimate of drug-likeness (QED) is 0.759. The van der Waals surface area contributed by atoms with Gasteiger partial charge < -0.3 is 11.1 Å². The first-order chi connectivity index (χ1) is 10.3. The number of nitrogens with one attached hydrogen (secondary N) is 1. The molecule has 2 rings (SSSR count). The highest BCUT2D eigenvalue weighted by atomic mass is 16.1. The van der Waals surface area contributed by atoms with E-state index in [1.807, 2.05) is 42.5 Å². The molecule has 3 N–H and O–H groups in total. The van der Waals surface area contributed by atoms with E-state index in [1.54, 1.807) is 0 Å². The highest BCUT2D eigenvalue weighted by Gasteiger charge is 2.03. The number of unbranched alkanes of at least 4 members (excludes halogenated alkanes) is 2. The van der Waals surface area contributed by atoms with Gasteiger partial charge in [-0.1, -0.05) is 48.9 Å². The van der Waals surface area contributed by atoms with Crippen molar-refractivity contribution in [2.24, 2.45) is 5.73 Å². The van der Waals surface area contributed by atoms with Crippen molar-refractivity contribution < 1.29 is 4.79 Å². The second kappa shape index (κ2) is 8.22. The zero-order chi connectivity index (χ0) is 14.9. The van der Waals surface area contributed by atoms with Crippen molar-refractivity contribution in [2.45, 2.75) is 25.7 Å². The van der Waals surface area contributed by atoms with Gasteiger partial charge in [0.1, 0.15) is 0 Å². The van der Waals surface area contributed by atoms with Crippen molar-refractivity contribution in [1.82, 2.24) is 0 Å². The number of rotatable bonds is 7. The predicted octanol–water partition coefficient (Wildman–Crippen LogP) is 3.81. The lowest BCUT2D eigenvalue weighted by Crippen LogP contribution is -2.11. The lowest BCUT2D eigenvalue weighted by molar-refractivity contribution is -0.116. The van der Waals surface area contributed by atoms with Crippen LogP contribution in [0.15, 0.2) is 54.6 Å². The van der Waals surface area contributed by atoms with E-state index in [2.05, 4.69) is 17.4 Å². The molecule has 0 saturated heterocycles. The average molecular weight is 282 g/mol. The van der Waals surface area contributed by atoms with E-state index in [1.165, 1.54) is 5.56 Å². The van der Waals surface area contributed by atoms with Gasteiger partial charge in [0.2, 0.25) is 5.91 Å². The van der Waals surface area contributed by atoms with Crippen LogP contribution in [0.1, 0.15) is 25.7 Å². The number of carbonyl (C=O) groups excluding carboxylic acids is 1. The second-order valence-electron chi connectivity index (χ2n) is 5.09. The molecule has 21 heavy (non-hydrogen) atoms. The molecule has 0 fully saturated rings. The van der Waals surface area contributed by atoms with Crippen LogP contribution in [-0.4, -0.2) is 12.5 Å². The summed E-state index contributed by atoms with van der Waals surface area (Å²) < 4.78 is 0. The Morgan fingerprint density at radius 1 is 0.857 bits per heavy atom. The third-order valence-corrected chi connectivity index (χ3v) is 3.38. The molecule has 0 aromatic heterocycles. The van der Waals surface area contributed by atoms with Crippen molar-refractivity contribution in [3.05, 3.63) is 54.6 Å². The van der Waals surface area contributed by atoms with Crippen molar-refractivity contribution >= 4 is 11.6 Å². The van der Waals surface area contributed by atoms with Gasteiger partial charge in [-0.05, 0) is 42.6 Å². The molecular weight excluding hydrogens is 260 g/mol. The Morgan fingerprint density at radius 3 is 2.19 bits per heavy atom. The molecule has 2 aromatic rings. The Morgan fingerprint density at radius 2 is 1.52 bits per heavy atom. The largest absolute Gasteiger partial charge is 0.330 e. The first kappa shape index (κ1) is 15.3. The Balaban J connectivity index is 1.86. The van der Waals surface area contributed by atoms with Crippen LogP contribution in [0, 0.1) is 0 Å². The van der Waals surface area contributed by atoms with Crippen LogP contribution < -0.4 is 11.1 Å². The fourth-order valence-corrected chi connectivity index (χ4v) is 2.21. The minimum atomic E-state index is 0.0690. The molecule has 0 aliphatic carbocycles. The van der Waals surface area contributed by atoms with Gasteiger partial charge >= 0.3 is 0 Å². The van der Waals surface area contributed by atoms with E-state index in [9.17, 15) is 4.79 Å². The van der Waals surface area contributed by atoms with E-state index in [0.29, 0.717) is 13.0 Å². The molecule has 3 nitrogen and oxygen atoms in total. The Hall–Kier alpha value is -2.13. The van der Waals surface area contributed by atoms with Crippen LogP contribution in [0.2, 0.25) is 0 Å². The van der Waals surface area contributed by atoms with Crippen LogP contribution in [0.25, 0.3) is 11.1 Å². The summed E-state index contributed by atoms with van der Waals surface area (Å²) in [5.41, 5.74) is 8.60. The minimum absolute atomic E-state index is 0.0690. The monoisotopic (exact) mass is 282 g/mol. The lowest BCUT2D eigenvalue weighted by atomic mass is 10.1. The lowest BCUT2D eigenvalue weighted by Gasteiger charge is -2.07. The van der Waals surface area contributed by atoms with Gasteiger partial charge in [-0.3, -0.25) is 4.79 Å². The number of anilines is 1. The topological polar surface area (TPSA) is 55.1 Å². The van der Waals surface area contributed by atoms with Gasteiger partial charge in [-0.2, -0.15) is 0 Å². The molecule has 0 spiro atoms. The number of carbonyl (C=O) groups is 1. The molecule has 0 unspecified atom stereocenters. The van der Waals surface area contributed by atoms with E-state index in [0.717, 1.165) is 30.5 Å². The summed E-state index contributed by atoms with van der Waals surface area (Å²) in [6.45, 7) is 0.697. The van der Waals surface area contributed by atoms with E-state index in [-0.39, 0.29) is 5.91 Å². The molecule has 0 aliphatic rings. The molecule has 0 radical (unpaired) electrons. The summed E-state index contributed by atoms with van der Waals surface area (Å²) in [4.78, 5) is 11.8. The van der Waals surface area contributed by atoms with E-state index in [4.69, 9.17) is 5.73 Å². The standard InChI is InChI=1S/C18H22N2O/c19-14-6-2-5-9-18(21)20-17-12-10-16(11-13-17)15-7-3-1-4-8-15/h1,3-4,7-8,10-13H,2,5-6,9,14,19H2,(H,20,21). The Labute approximate surface area is 126 Å². The van der Waals surface area contributed by atoms with Crippen molar-refractivity contribution in [3.63, 3.8) is 0 Å². The fraction of sp³-hybridized carbons (Fsp3) is 0.278. The maximum Gasteiger partial charge on any atom is 0.224 e. The summed E-state index contributed by atoms with van der Waals surface area (Å²) in [6.07, 6.45) is 3.45. The van der Waals surface area contributed by atoms with Gasteiger partial charge in [0.25, 0.3) is 0 Å². The normalized spacial score (nSPS) is 10.3. The molecular formula is C18H22N2O. The van der Waals surface area contributed by atoms with Crippen molar-refractivity contribution in [1.29, 1.82) is 0 Å². The van der Waals surface area contributed by atoms with Crippen LogP contribution in [0.5, 0.6) is 0 Å². The summed E-state index contributed by atoms with van der Waals surface area (Å²) in [6, 6.07) is 18.1. The van der Waals surface area contributed by atoms with E-state index < -0.39 is 0 Å². The Bertz CT molecular complexity index is 549. The molecule has 110 valence electrons. The molecule has 0 aliphatic heterocycles. The number of nitrogens with two attached hydrogens (primary N) is 1.